The molecule has 1 amide bonds. The highest BCUT2D eigenvalue weighted by atomic mass is 19.3. The quantitative estimate of drug-likeness (QED) is 0.565. The average Bonchev–Trinajstić information content (AvgIpc) is 2.72. The molecule has 0 aromatic heterocycles. The normalized spacial score (nSPS) is 11.7. The highest BCUT2D eigenvalue weighted by Gasteiger charge is 2.15. The molecule has 9 heteroatoms. The summed E-state index contributed by atoms with van der Waals surface area (Å²) in [5.74, 6) is -0.388. The first-order chi connectivity index (χ1) is 14.3. The molecular formula is C21H25F2N2O5+. The van der Waals surface area contributed by atoms with Crippen LogP contribution in [0.5, 0.6) is 11.5 Å². The standard InChI is InChI=1S/C21H24F2N2O5/c1-25(12-15-6-9-17(30-21(22)23)18(10-15)28-2)13-19(26)24-11-14-4-7-16(8-5-14)20(27)29-3/h4-10,21H,11-13H2,1-3H3,(H,24,26)/p+1. The highest BCUT2D eigenvalue weighted by Crippen LogP contribution is 2.29. The summed E-state index contributed by atoms with van der Waals surface area (Å²) >= 11 is 0. The van der Waals surface area contributed by atoms with Crippen LogP contribution in [-0.2, 0) is 22.6 Å². The average molecular weight is 423 g/mol. The van der Waals surface area contributed by atoms with Crippen molar-refractivity contribution in [3.05, 3.63) is 59.2 Å². The Hall–Kier alpha value is -3.20. The number of hydrogen-bond donors (Lipinski definition) is 2. The van der Waals surface area contributed by atoms with Gasteiger partial charge in [-0.25, -0.2) is 4.79 Å². The molecule has 0 bridgehead atoms. The lowest BCUT2D eigenvalue weighted by Gasteiger charge is -2.16. The minimum Gasteiger partial charge on any atom is -0.493 e. The Morgan fingerprint density at radius 2 is 1.70 bits per heavy atom. The van der Waals surface area contributed by atoms with Gasteiger partial charge < -0.3 is 24.4 Å². The molecule has 1 unspecified atom stereocenters. The van der Waals surface area contributed by atoms with E-state index in [0.29, 0.717) is 18.7 Å². The van der Waals surface area contributed by atoms with Crippen LogP contribution in [0.15, 0.2) is 42.5 Å². The van der Waals surface area contributed by atoms with E-state index < -0.39 is 12.6 Å². The van der Waals surface area contributed by atoms with Crippen LogP contribution in [0.25, 0.3) is 0 Å². The van der Waals surface area contributed by atoms with E-state index in [0.717, 1.165) is 16.0 Å². The van der Waals surface area contributed by atoms with Gasteiger partial charge in [-0.1, -0.05) is 12.1 Å². The second kappa shape index (κ2) is 11.1. The third-order valence-electron chi connectivity index (χ3n) is 4.28. The molecule has 0 heterocycles. The molecule has 0 saturated heterocycles. The van der Waals surface area contributed by atoms with Crippen LogP contribution in [0.1, 0.15) is 21.5 Å². The zero-order valence-corrected chi connectivity index (χ0v) is 17.0. The van der Waals surface area contributed by atoms with E-state index in [2.05, 4.69) is 14.8 Å². The van der Waals surface area contributed by atoms with Crippen molar-refractivity contribution in [2.24, 2.45) is 0 Å². The van der Waals surface area contributed by atoms with E-state index in [1.165, 1.54) is 20.3 Å². The van der Waals surface area contributed by atoms with Crippen molar-refractivity contribution in [2.75, 3.05) is 27.8 Å². The number of esters is 1. The number of carbonyl (C=O) groups excluding carboxylic acids is 2. The van der Waals surface area contributed by atoms with Crippen molar-refractivity contribution in [3.63, 3.8) is 0 Å². The molecule has 0 aliphatic carbocycles. The maximum atomic E-state index is 12.4. The first-order valence-corrected chi connectivity index (χ1v) is 9.19. The summed E-state index contributed by atoms with van der Waals surface area (Å²) < 4.78 is 39.0. The van der Waals surface area contributed by atoms with Gasteiger partial charge in [0.05, 0.1) is 26.8 Å². The van der Waals surface area contributed by atoms with Crippen molar-refractivity contribution >= 4 is 11.9 Å². The number of methoxy groups -OCH3 is 2. The van der Waals surface area contributed by atoms with Crippen molar-refractivity contribution in [2.45, 2.75) is 19.7 Å². The number of benzene rings is 2. The van der Waals surface area contributed by atoms with Crippen LogP contribution in [0.2, 0.25) is 0 Å². The number of halogens is 2. The van der Waals surface area contributed by atoms with Gasteiger partial charge in [-0.15, -0.1) is 0 Å². The topological polar surface area (TPSA) is 78.3 Å². The molecule has 0 aliphatic heterocycles. The predicted octanol–water partition coefficient (Wildman–Crippen LogP) is 1.41. The van der Waals surface area contributed by atoms with Crippen molar-refractivity contribution in [1.29, 1.82) is 0 Å². The minimum atomic E-state index is -2.93. The van der Waals surface area contributed by atoms with E-state index in [-0.39, 0.29) is 24.0 Å². The maximum Gasteiger partial charge on any atom is 0.387 e. The first-order valence-electron chi connectivity index (χ1n) is 9.19. The molecule has 0 radical (unpaired) electrons. The summed E-state index contributed by atoms with van der Waals surface area (Å²) in [6.07, 6.45) is 0. The summed E-state index contributed by atoms with van der Waals surface area (Å²) in [7, 11) is 4.54. The first kappa shape index (κ1) is 23.1. The fraction of sp³-hybridized carbons (Fsp3) is 0.333. The third kappa shape index (κ3) is 7.00. The number of likely N-dealkylation sites (N-methyl/N-ethyl adjacent to an activating group) is 1. The monoisotopic (exact) mass is 423 g/mol. The summed E-state index contributed by atoms with van der Waals surface area (Å²) in [5.41, 5.74) is 2.11. The molecule has 0 fully saturated rings. The van der Waals surface area contributed by atoms with Crippen LogP contribution in [0.4, 0.5) is 8.78 Å². The van der Waals surface area contributed by atoms with Crippen LogP contribution >= 0.6 is 0 Å². The molecule has 0 aliphatic rings. The van der Waals surface area contributed by atoms with Gasteiger partial charge in [0.2, 0.25) is 0 Å². The van der Waals surface area contributed by atoms with Gasteiger partial charge in [-0.3, -0.25) is 4.79 Å². The van der Waals surface area contributed by atoms with Crippen molar-refractivity contribution < 1.29 is 37.5 Å². The number of ether oxygens (including phenoxy) is 3. The number of carbonyl (C=O) groups is 2. The van der Waals surface area contributed by atoms with Crippen molar-refractivity contribution in [1.82, 2.24) is 5.32 Å². The van der Waals surface area contributed by atoms with Gasteiger partial charge >= 0.3 is 12.6 Å². The number of quaternary nitrogens is 1. The predicted molar refractivity (Wildman–Crippen MR) is 105 cm³/mol. The largest absolute Gasteiger partial charge is 0.493 e. The molecule has 2 aromatic rings. The van der Waals surface area contributed by atoms with Crippen LogP contribution in [0, 0.1) is 0 Å². The molecule has 2 aromatic carbocycles. The molecule has 162 valence electrons. The molecule has 0 spiro atoms. The van der Waals surface area contributed by atoms with E-state index >= 15 is 0 Å². The zero-order chi connectivity index (χ0) is 22.1. The highest BCUT2D eigenvalue weighted by molar-refractivity contribution is 5.89. The van der Waals surface area contributed by atoms with Gasteiger partial charge in [0, 0.05) is 12.1 Å². The van der Waals surface area contributed by atoms with Gasteiger partial charge in [-0.05, 0) is 35.9 Å². The van der Waals surface area contributed by atoms with Crippen LogP contribution in [-0.4, -0.2) is 46.3 Å². The second-order valence-electron chi connectivity index (χ2n) is 6.64. The molecule has 2 N–H and O–H groups in total. The van der Waals surface area contributed by atoms with Gasteiger partial charge in [0.15, 0.2) is 18.0 Å². The summed E-state index contributed by atoms with van der Waals surface area (Å²) in [6, 6.07) is 11.5. The SMILES string of the molecule is COC(=O)c1ccc(CNC(=O)C[NH+](C)Cc2ccc(OC(F)F)c(OC)c2)cc1. The fourth-order valence-electron chi connectivity index (χ4n) is 2.84. The van der Waals surface area contributed by atoms with Gasteiger partial charge in [-0.2, -0.15) is 8.78 Å². The summed E-state index contributed by atoms with van der Waals surface area (Å²) in [6.45, 7) is -1.88. The molecular weight excluding hydrogens is 398 g/mol. The maximum absolute atomic E-state index is 12.4. The van der Waals surface area contributed by atoms with Gasteiger partial charge in [0.25, 0.3) is 5.91 Å². The third-order valence-corrected chi connectivity index (χ3v) is 4.28. The Labute approximate surface area is 173 Å². The minimum absolute atomic E-state index is 0.0372. The Morgan fingerprint density at radius 1 is 1.03 bits per heavy atom. The number of hydrogen-bond acceptors (Lipinski definition) is 5. The molecule has 1 atom stereocenters. The molecule has 0 saturated carbocycles. The number of amides is 1. The summed E-state index contributed by atoms with van der Waals surface area (Å²) in [5, 5.41) is 2.83. The fourth-order valence-corrected chi connectivity index (χ4v) is 2.84. The Morgan fingerprint density at radius 3 is 2.30 bits per heavy atom. The Balaban J connectivity index is 1.85. The lowest BCUT2D eigenvalue weighted by Crippen LogP contribution is -3.08. The lowest BCUT2D eigenvalue weighted by molar-refractivity contribution is -0.885. The van der Waals surface area contributed by atoms with Crippen molar-refractivity contribution in [3.8, 4) is 11.5 Å². The number of rotatable bonds is 10. The zero-order valence-electron chi connectivity index (χ0n) is 17.0. The summed E-state index contributed by atoms with van der Waals surface area (Å²) in [4.78, 5) is 24.5. The van der Waals surface area contributed by atoms with E-state index in [1.54, 1.807) is 36.4 Å². The van der Waals surface area contributed by atoms with Gasteiger partial charge in [0.1, 0.15) is 6.54 Å². The smallest absolute Gasteiger partial charge is 0.387 e. The lowest BCUT2D eigenvalue weighted by atomic mass is 10.1. The number of alkyl halides is 2. The van der Waals surface area contributed by atoms with E-state index in [1.807, 2.05) is 7.05 Å². The number of nitrogens with one attached hydrogen (secondary N) is 2. The second-order valence-corrected chi connectivity index (χ2v) is 6.64. The molecule has 7 nitrogen and oxygen atoms in total. The molecule has 30 heavy (non-hydrogen) atoms. The van der Waals surface area contributed by atoms with Crippen LogP contribution in [0.3, 0.4) is 0 Å². The Kier molecular flexibility index (Phi) is 8.54. The van der Waals surface area contributed by atoms with E-state index in [9.17, 15) is 18.4 Å². The van der Waals surface area contributed by atoms with E-state index in [4.69, 9.17) is 4.74 Å². The van der Waals surface area contributed by atoms with Crippen LogP contribution < -0.4 is 19.7 Å². The molecule has 2 rings (SSSR count). The Bertz CT molecular complexity index is 859.